The van der Waals surface area contributed by atoms with Gasteiger partial charge in [-0.3, -0.25) is 8.43 Å². The standard InChI is InChI=1S/C9H19IN2S/c1-7-4-12(8(2)6-13)5-9(7)3-11-10/h7-9,11,13H,3-6H2,1-2H3. The zero-order chi connectivity index (χ0) is 9.84. The molecule has 0 aromatic carbocycles. The third-order valence-corrected chi connectivity index (χ3v) is 3.99. The Kier molecular flexibility index (Phi) is 5.37. The fourth-order valence-corrected chi connectivity index (χ4v) is 2.71. The van der Waals surface area contributed by atoms with E-state index in [1.165, 1.54) is 13.1 Å². The zero-order valence-corrected chi connectivity index (χ0v) is 11.4. The summed E-state index contributed by atoms with van der Waals surface area (Å²) >= 11 is 6.58. The van der Waals surface area contributed by atoms with E-state index in [2.05, 4.69) is 57.8 Å². The molecular weight excluding hydrogens is 295 g/mol. The summed E-state index contributed by atoms with van der Waals surface area (Å²) in [5.74, 6) is 2.61. The second kappa shape index (κ2) is 5.78. The van der Waals surface area contributed by atoms with Gasteiger partial charge in [0.2, 0.25) is 0 Å². The van der Waals surface area contributed by atoms with Gasteiger partial charge in [0.15, 0.2) is 0 Å². The molecule has 0 radical (unpaired) electrons. The summed E-state index contributed by atoms with van der Waals surface area (Å²) in [5, 5.41) is 0. The lowest BCUT2D eigenvalue weighted by Crippen LogP contribution is -2.33. The van der Waals surface area contributed by atoms with E-state index in [0.717, 1.165) is 24.1 Å². The van der Waals surface area contributed by atoms with Crippen molar-refractivity contribution >= 4 is 35.5 Å². The molecule has 1 rings (SSSR count). The van der Waals surface area contributed by atoms with Crippen molar-refractivity contribution in [2.45, 2.75) is 19.9 Å². The summed E-state index contributed by atoms with van der Waals surface area (Å²) in [7, 11) is 0. The minimum absolute atomic E-state index is 0.630. The highest BCUT2D eigenvalue weighted by Gasteiger charge is 2.30. The number of likely N-dealkylation sites (tertiary alicyclic amines) is 1. The van der Waals surface area contributed by atoms with E-state index < -0.39 is 0 Å². The molecule has 2 nitrogen and oxygen atoms in total. The van der Waals surface area contributed by atoms with Gasteiger partial charge in [0.1, 0.15) is 0 Å². The molecule has 0 aliphatic carbocycles. The molecule has 13 heavy (non-hydrogen) atoms. The van der Waals surface area contributed by atoms with Crippen LogP contribution in [-0.2, 0) is 0 Å². The fourth-order valence-electron chi connectivity index (χ4n) is 1.91. The van der Waals surface area contributed by atoms with E-state index in [-0.39, 0.29) is 0 Å². The molecule has 0 saturated carbocycles. The highest BCUT2D eigenvalue weighted by atomic mass is 127. The van der Waals surface area contributed by atoms with Gasteiger partial charge >= 0.3 is 0 Å². The molecule has 1 N–H and O–H groups in total. The molecule has 1 fully saturated rings. The van der Waals surface area contributed by atoms with Crippen LogP contribution in [0, 0.1) is 11.8 Å². The van der Waals surface area contributed by atoms with E-state index in [9.17, 15) is 0 Å². The van der Waals surface area contributed by atoms with Crippen molar-refractivity contribution in [1.29, 1.82) is 0 Å². The van der Waals surface area contributed by atoms with Crippen LogP contribution in [0.15, 0.2) is 0 Å². The van der Waals surface area contributed by atoms with Gasteiger partial charge in [-0.25, -0.2) is 0 Å². The summed E-state index contributed by atoms with van der Waals surface area (Å²) in [4.78, 5) is 2.55. The van der Waals surface area contributed by atoms with Crippen molar-refractivity contribution in [2.75, 3.05) is 25.4 Å². The van der Waals surface area contributed by atoms with Gasteiger partial charge in [0.05, 0.1) is 0 Å². The first-order valence-electron chi connectivity index (χ1n) is 4.87. The Hall–Kier alpha value is 1.00. The van der Waals surface area contributed by atoms with Crippen LogP contribution in [0.5, 0.6) is 0 Å². The van der Waals surface area contributed by atoms with Gasteiger partial charge in [-0.1, -0.05) is 6.92 Å². The maximum Gasteiger partial charge on any atom is 0.0169 e. The third-order valence-electron chi connectivity index (χ3n) is 3.02. The first-order chi connectivity index (χ1) is 6.19. The quantitative estimate of drug-likeness (QED) is 0.467. The number of rotatable bonds is 4. The van der Waals surface area contributed by atoms with Crippen LogP contribution in [0.1, 0.15) is 13.8 Å². The smallest absolute Gasteiger partial charge is 0.0169 e. The molecule has 1 saturated heterocycles. The minimum Gasteiger partial charge on any atom is -0.299 e. The summed E-state index contributed by atoms with van der Waals surface area (Å²) in [5.41, 5.74) is 0. The van der Waals surface area contributed by atoms with Crippen LogP contribution >= 0.6 is 35.5 Å². The van der Waals surface area contributed by atoms with Crippen molar-refractivity contribution in [1.82, 2.24) is 8.43 Å². The lowest BCUT2D eigenvalue weighted by molar-refractivity contribution is 0.267. The number of hydrogen-bond acceptors (Lipinski definition) is 3. The Morgan fingerprint density at radius 3 is 2.85 bits per heavy atom. The second-order valence-electron chi connectivity index (χ2n) is 4.06. The third kappa shape index (κ3) is 3.25. The number of nitrogens with one attached hydrogen (secondary N) is 1. The molecule has 1 aliphatic rings. The fraction of sp³-hybridized carbons (Fsp3) is 1.00. The molecule has 1 aliphatic heterocycles. The van der Waals surface area contributed by atoms with E-state index >= 15 is 0 Å². The van der Waals surface area contributed by atoms with Crippen LogP contribution in [0.2, 0.25) is 0 Å². The maximum atomic E-state index is 4.34. The van der Waals surface area contributed by atoms with Gasteiger partial charge < -0.3 is 0 Å². The SMILES string of the molecule is CC1CN(C(C)CS)CC1CNI. The maximum absolute atomic E-state index is 4.34. The van der Waals surface area contributed by atoms with Gasteiger partial charge in [0, 0.05) is 54.3 Å². The number of nitrogens with zero attached hydrogens (tertiary/aromatic N) is 1. The van der Waals surface area contributed by atoms with Gasteiger partial charge in [-0.2, -0.15) is 12.6 Å². The molecule has 4 heteroatoms. The van der Waals surface area contributed by atoms with Crippen LogP contribution in [0.25, 0.3) is 0 Å². The zero-order valence-electron chi connectivity index (χ0n) is 8.33. The highest BCUT2D eigenvalue weighted by Crippen LogP contribution is 2.24. The molecule has 1 heterocycles. The Bertz CT molecular complexity index is 157. The van der Waals surface area contributed by atoms with E-state index in [1.807, 2.05) is 0 Å². The normalized spacial score (nSPS) is 32.3. The summed E-state index contributed by atoms with van der Waals surface area (Å²) < 4.78 is 3.24. The summed E-state index contributed by atoms with van der Waals surface area (Å²) in [6.07, 6.45) is 0. The van der Waals surface area contributed by atoms with Crippen molar-refractivity contribution in [3.8, 4) is 0 Å². The average Bonchev–Trinajstić information content (AvgIpc) is 2.47. The Labute approximate surface area is 101 Å². The molecule has 0 aromatic rings. The van der Waals surface area contributed by atoms with Crippen LogP contribution in [0.3, 0.4) is 0 Å². The van der Waals surface area contributed by atoms with Crippen LogP contribution < -0.4 is 3.53 Å². The largest absolute Gasteiger partial charge is 0.299 e. The van der Waals surface area contributed by atoms with E-state index in [0.29, 0.717) is 6.04 Å². The average molecular weight is 314 g/mol. The number of hydrogen-bond donors (Lipinski definition) is 2. The molecule has 0 bridgehead atoms. The topological polar surface area (TPSA) is 15.3 Å². The van der Waals surface area contributed by atoms with Crippen LogP contribution in [-0.4, -0.2) is 36.3 Å². The first kappa shape index (κ1) is 12.1. The Morgan fingerprint density at radius 2 is 2.31 bits per heavy atom. The number of halogens is 1. The Morgan fingerprint density at radius 1 is 1.62 bits per heavy atom. The van der Waals surface area contributed by atoms with Crippen molar-refractivity contribution < 1.29 is 0 Å². The van der Waals surface area contributed by atoms with Crippen molar-refractivity contribution in [2.24, 2.45) is 11.8 Å². The molecule has 78 valence electrons. The van der Waals surface area contributed by atoms with Gasteiger partial charge in [-0.15, -0.1) is 0 Å². The number of thiol groups is 1. The van der Waals surface area contributed by atoms with Crippen molar-refractivity contribution in [3.05, 3.63) is 0 Å². The molecule has 3 atom stereocenters. The van der Waals surface area contributed by atoms with E-state index in [1.54, 1.807) is 0 Å². The molecule has 0 aromatic heterocycles. The Balaban J connectivity index is 2.40. The van der Waals surface area contributed by atoms with Gasteiger partial charge in [0.25, 0.3) is 0 Å². The first-order valence-corrected chi connectivity index (χ1v) is 6.58. The molecule has 3 unspecified atom stereocenters. The minimum atomic E-state index is 0.630. The molecule has 0 amide bonds. The lowest BCUT2D eigenvalue weighted by atomic mass is 9.99. The van der Waals surface area contributed by atoms with Gasteiger partial charge in [-0.05, 0) is 18.8 Å². The van der Waals surface area contributed by atoms with E-state index in [4.69, 9.17) is 0 Å². The predicted octanol–water partition coefficient (Wildman–Crippen LogP) is 1.81. The molecular formula is C9H19IN2S. The molecule has 0 spiro atoms. The lowest BCUT2D eigenvalue weighted by Gasteiger charge is -2.22. The summed E-state index contributed by atoms with van der Waals surface area (Å²) in [6.45, 7) is 8.23. The van der Waals surface area contributed by atoms with Crippen LogP contribution in [0.4, 0.5) is 0 Å². The summed E-state index contributed by atoms with van der Waals surface area (Å²) in [6, 6.07) is 0.630. The monoisotopic (exact) mass is 314 g/mol. The highest BCUT2D eigenvalue weighted by molar-refractivity contribution is 14.1. The second-order valence-corrected chi connectivity index (χ2v) is 5.19. The van der Waals surface area contributed by atoms with Crippen molar-refractivity contribution in [3.63, 3.8) is 0 Å². The predicted molar refractivity (Wildman–Crippen MR) is 69.6 cm³/mol.